The van der Waals surface area contributed by atoms with Crippen molar-refractivity contribution in [3.63, 3.8) is 0 Å². The van der Waals surface area contributed by atoms with Crippen molar-refractivity contribution < 1.29 is 49.3 Å². The van der Waals surface area contributed by atoms with Crippen molar-refractivity contribution in [2.24, 2.45) is 0 Å². The van der Waals surface area contributed by atoms with E-state index in [0.717, 1.165) is 96.3 Å². The smallest absolute Gasteiger partial charge is 0.306 e. The number of hydrogen-bond donors (Lipinski definition) is 6. The van der Waals surface area contributed by atoms with Crippen molar-refractivity contribution >= 4 is 11.9 Å². The molecular formula is C61H103NO10. The molecule has 8 atom stereocenters. The van der Waals surface area contributed by atoms with E-state index in [4.69, 9.17) is 14.2 Å². The van der Waals surface area contributed by atoms with Gasteiger partial charge in [-0.3, -0.25) is 9.59 Å². The first kappa shape index (κ1) is 66.6. The molecule has 1 fully saturated rings. The van der Waals surface area contributed by atoms with Crippen LogP contribution < -0.4 is 5.32 Å². The van der Waals surface area contributed by atoms with E-state index in [1.807, 2.05) is 42.5 Å². The maximum atomic E-state index is 13.4. The van der Waals surface area contributed by atoms with Crippen LogP contribution in [0.25, 0.3) is 0 Å². The largest absolute Gasteiger partial charge is 0.454 e. The van der Waals surface area contributed by atoms with Crippen LogP contribution in [-0.4, -0.2) is 99.6 Å². The molecule has 11 heteroatoms. The van der Waals surface area contributed by atoms with E-state index in [1.165, 1.54) is 70.6 Å². The fourth-order valence-electron chi connectivity index (χ4n) is 8.25. The van der Waals surface area contributed by atoms with Gasteiger partial charge in [-0.05, 0) is 83.5 Å². The first-order chi connectivity index (χ1) is 35.2. The lowest BCUT2D eigenvalue weighted by molar-refractivity contribution is -0.305. The van der Waals surface area contributed by atoms with Crippen molar-refractivity contribution in [1.82, 2.24) is 5.32 Å². The van der Waals surface area contributed by atoms with Gasteiger partial charge in [-0.15, -0.1) is 0 Å². The molecule has 1 aliphatic heterocycles. The highest BCUT2D eigenvalue weighted by atomic mass is 16.7. The molecule has 0 aromatic carbocycles. The van der Waals surface area contributed by atoms with Crippen molar-refractivity contribution in [1.29, 1.82) is 0 Å². The van der Waals surface area contributed by atoms with E-state index in [9.17, 15) is 35.1 Å². The Kier molecular flexibility index (Phi) is 44.9. The Morgan fingerprint density at radius 2 is 1.06 bits per heavy atom. The molecule has 0 saturated carbocycles. The number of carbonyl (C=O) groups is 2. The van der Waals surface area contributed by atoms with Gasteiger partial charge in [-0.2, -0.15) is 0 Å². The Hall–Kier alpha value is -3.42. The maximum Gasteiger partial charge on any atom is 0.306 e. The number of esters is 1. The van der Waals surface area contributed by atoms with Gasteiger partial charge in [0.05, 0.1) is 25.4 Å². The van der Waals surface area contributed by atoms with Gasteiger partial charge in [0.15, 0.2) is 12.4 Å². The summed E-state index contributed by atoms with van der Waals surface area (Å²) in [5.74, 6) is -1.26. The average Bonchev–Trinajstić information content (AvgIpc) is 3.38. The molecule has 0 aromatic heterocycles. The molecule has 1 rings (SSSR count). The minimum Gasteiger partial charge on any atom is -0.454 e. The SMILES string of the molecule is CC/C=C/C=C/C=C\C=C/CCCCCC(=O)OC1C(OCC(NC(=O)C(O)CCCCCCC/C=C\C/C=C\C/C=C\CCCCC)C(O)/C=C/CCCCCCCCCCCC)OC(CO)C(O)C1O. The summed E-state index contributed by atoms with van der Waals surface area (Å²) in [5, 5.41) is 56.8. The first-order valence-corrected chi connectivity index (χ1v) is 28.6. The van der Waals surface area contributed by atoms with Crippen LogP contribution in [0.1, 0.15) is 213 Å². The summed E-state index contributed by atoms with van der Waals surface area (Å²) in [6.45, 7) is 5.56. The molecule has 1 aliphatic rings. The standard InChI is InChI=1S/C61H103NO10/c1-4-7-10-13-16-19-22-25-26-27-28-29-31-33-36-39-42-45-48-54(65)60(69)62-52(53(64)47-44-41-38-35-32-24-21-18-15-12-9-6-3)51-70-61-59(58(68)57(67)55(50-63)71-61)72-56(66)49-46-43-40-37-34-30-23-20-17-14-11-8-5-2/h8,11,14,16-17,19-20,23,25-26,28-30,34,44,47,52-55,57-59,61,63-65,67-68H,4-7,9-10,12-13,15,18,21-22,24,27,31-33,35-43,45-46,48-51H2,1-3H3,(H,62,69)/b11-8+,17-14+,19-16-,23-20-,26-25-,29-28-,34-30-,47-44+. The van der Waals surface area contributed by atoms with Crippen molar-refractivity contribution in [3.05, 3.63) is 97.2 Å². The van der Waals surface area contributed by atoms with Gasteiger partial charge in [0, 0.05) is 6.42 Å². The zero-order chi connectivity index (χ0) is 52.5. The minimum absolute atomic E-state index is 0.0710. The van der Waals surface area contributed by atoms with Crippen LogP contribution in [0, 0.1) is 0 Å². The zero-order valence-electron chi connectivity index (χ0n) is 45.3. The molecule has 0 aromatic rings. The lowest BCUT2D eigenvalue weighted by Gasteiger charge is -2.41. The molecule has 412 valence electrons. The number of aliphatic hydroxyl groups is 5. The molecule has 72 heavy (non-hydrogen) atoms. The number of allylic oxidation sites excluding steroid dienone is 15. The highest BCUT2D eigenvalue weighted by Gasteiger charge is 2.47. The van der Waals surface area contributed by atoms with Gasteiger partial charge in [0.2, 0.25) is 5.91 Å². The summed E-state index contributed by atoms with van der Waals surface area (Å²) in [7, 11) is 0. The van der Waals surface area contributed by atoms with Crippen molar-refractivity contribution in [2.45, 2.75) is 262 Å². The molecule has 0 spiro atoms. The van der Waals surface area contributed by atoms with Gasteiger partial charge < -0.3 is 45.1 Å². The minimum atomic E-state index is -1.64. The van der Waals surface area contributed by atoms with Crippen LogP contribution in [0.4, 0.5) is 0 Å². The topological polar surface area (TPSA) is 175 Å². The molecule has 11 nitrogen and oxygen atoms in total. The van der Waals surface area contributed by atoms with Crippen molar-refractivity contribution in [3.8, 4) is 0 Å². The van der Waals surface area contributed by atoms with Gasteiger partial charge in [0.25, 0.3) is 0 Å². The Balaban J connectivity index is 2.77. The summed E-state index contributed by atoms with van der Waals surface area (Å²) in [6, 6.07) is -1.04. The van der Waals surface area contributed by atoms with E-state index in [0.29, 0.717) is 12.8 Å². The van der Waals surface area contributed by atoms with Crippen LogP contribution in [0.5, 0.6) is 0 Å². The van der Waals surface area contributed by atoms with Gasteiger partial charge >= 0.3 is 5.97 Å². The molecule has 6 N–H and O–H groups in total. The summed E-state index contributed by atoms with van der Waals surface area (Å²) >= 11 is 0. The third kappa shape index (κ3) is 36.5. The van der Waals surface area contributed by atoms with E-state index in [-0.39, 0.29) is 19.4 Å². The number of carbonyl (C=O) groups excluding carboxylic acids is 2. The number of unbranched alkanes of at least 4 members (excludes halogenated alkanes) is 21. The molecule has 1 saturated heterocycles. The average molecular weight is 1010 g/mol. The van der Waals surface area contributed by atoms with E-state index in [1.54, 1.807) is 6.08 Å². The molecule has 1 heterocycles. The predicted octanol–water partition coefficient (Wildman–Crippen LogP) is 12.8. The Labute approximate surface area is 437 Å². The van der Waals surface area contributed by atoms with Crippen molar-refractivity contribution in [2.75, 3.05) is 13.2 Å². The third-order valence-electron chi connectivity index (χ3n) is 12.8. The van der Waals surface area contributed by atoms with Gasteiger partial charge in [-0.25, -0.2) is 0 Å². The second-order valence-electron chi connectivity index (χ2n) is 19.4. The molecule has 8 unspecified atom stereocenters. The number of ether oxygens (including phenoxy) is 3. The number of amides is 1. The second kappa shape index (κ2) is 48.5. The normalized spacial score (nSPS) is 20.2. The molecule has 0 aliphatic carbocycles. The van der Waals surface area contributed by atoms with Crippen LogP contribution in [0.15, 0.2) is 97.2 Å². The van der Waals surface area contributed by atoms with Crippen LogP contribution in [0.2, 0.25) is 0 Å². The molecule has 0 radical (unpaired) electrons. The van der Waals surface area contributed by atoms with Crippen LogP contribution >= 0.6 is 0 Å². The number of aliphatic hydroxyl groups excluding tert-OH is 5. The van der Waals surface area contributed by atoms with E-state index >= 15 is 0 Å². The lowest BCUT2D eigenvalue weighted by Crippen LogP contribution is -2.61. The van der Waals surface area contributed by atoms with Gasteiger partial charge in [-0.1, -0.05) is 221 Å². The molecular weight excluding hydrogens is 907 g/mol. The number of hydrogen-bond acceptors (Lipinski definition) is 10. The number of rotatable bonds is 46. The molecule has 0 bridgehead atoms. The predicted molar refractivity (Wildman–Crippen MR) is 296 cm³/mol. The van der Waals surface area contributed by atoms with Crippen LogP contribution in [-0.2, 0) is 23.8 Å². The first-order valence-electron chi connectivity index (χ1n) is 28.6. The Bertz CT molecular complexity index is 1530. The zero-order valence-corrected chi connectivity index (χ0v) is 45.3. The number of nitrogens with one attached hydrogen (secondary N) is 1. The Morgan fingerprint density at radius 3 is 1.65 bits per heavy atom. The lowest BCUT2D eigenvalue weighted by atomic mass is 9.99. The molecule has 1 amide bonds. The fourth-order valence-corrected chi connectivity index (χ4v) is 8.25. The van der Waals surface area contributed by atoms with Crippen LogP contribution in [0.3, 0.4) is 0 Å². The fraction of sp³-hybridized carbons (Fsp3) is 0.705. The van der Waals surface area contributed by atoms with E-state index in [2.05, 4.69) is 74.7 Å². The maximum absolute atomic E-state index is 13.4. The summed E-state index contributed by atoms with van der Waals surface area (Å²) in [5.41, 5.74) is 0. The quantitative estimate of drug-likeness (QED) is 0.0149. The second-order valence-corrected chi connectivity index (χ2v) is 19.4. The summed E-state index contributed by atoms with van der Waals surface area (Å²) < 4.78 is 17.5. The highest BCUT2D eigenvalue weighted by Crippen LogP contribution is 2.26. The third-order valence-corrected chi connectivity index (χ3v) is 12.8. The van der Waals surface area contributed by atoms with E-state index < -0.39 is 67.4 Å². The highest BCUT2D eigenvalue weighted by molar-refractivity contribution is 5.80. The summed E-state index contributed by atoms with van der Waals surface area (Å²) in [6.07, 6.45) is 53.1. The summed E-state index contributed by atoms with van der Waals surface area (Å²) in [4.78, 5) is 26.4. The van der Waals surface area contributed by atoms with Gasteiger partial charge in [0.1, 0.15) is 24.4 Å². The Morgan fingerprint density at radius 1 is 0.569 bits per heavy atom. The monoisotopic (exact) mass is 1010 g/mol.